The molecule has 1 unspecified atom stereocenters. The molecule has 8 heteroatoms. The Morgan fingerprint density at radius 2 is 1.76 bits per heavy atom. The Hall–Kier alpha value is -3.52. The second-order valence-corrected chi connectivity index (χ2v) is 12.8. The van der Waals surface area contributed by atoms with Gasteiger partial charge in [0.05, 0.1) is 24.9 Å². The van der Waals surface area contributed by atoms with E-state index in [9.17, 15) is 9.59 Å². The number of esters is 1. The van der Waals surface area contributed by atoms with Gasteiger partial charge >= 0.3 is 12.1 Å². The molecule has 1 amide bonds. The van der Waals surface area contributed by atoms with Gasteiger partial charge in [-0.15, -0.1) is 0 Å². The molecular weight excluding hydrogens is 530 g/mol. The summed E-state index contributed by atoms with van der Waals surface area (Å²) in [7, 11) is 5.25. The molecule has 2 aromatic carbocycles. The molecule has 1 aliphatic heterocycles. The normalized spacial score (nSPS) is 17.3. The van der Waals surface area contributed by atoms with E-state index < -0.39 is 5.60 Å². The number of para-hydroxylation sites is 1. The molecular formula is C34H45N3O5. The fraction of sp³-hybridized carbons (Fsp3) is 0.529. The van der Waals surface area contributed by atoms with Gasteiger partial charge in [0.2, 0.25) is 0 Å². The predicted molar refractivity (Wildman–Crippen MR) is 165 cm³/mol. The molecule has 1 fully saturated rings. The molecule has 2 aliphatic rings. The molecule has 3 aromatic rings. The third kappa shape index (κ3) is 6.43. The quantitative estimate of drug-likeness (QED) is 0.292. The Morgan fingerprint density at radius 3 is 2.48 bits per heavy atom. The molecule has 1 atom stereocenters. The Kier molecular flexibility index (Phi) is 8.83. The highest BCUT2D eigenvalue weighted by molar-refractivity contribution is 5.99. The van der Waals surface area contributed by atoms with Crippen molar-refractivity contribution in [1.29, 1.82) is 0 Å². The topological polar surface area (TPSA) is 73.2 Å². The largest absolute Gasteiger partial charge is 0.487 e. The van der Waals surface area contributed by atoms with E-state index >= 15 is 0 Å². The number of fused-ring (bicyclic) bond motifs is 5. The Labute approximate surface area is 249 Å². The first-order valence-electron chi connectivity index (χ1n) is 15.2. The maximum Gasteiger partial charge on any atom is 0.410 e. The van der Waals surface area contributed by atoms with Crippen molar-refractivity contribution in [3.05, 3.63) is 53.6 Å². The first-order chi connectivity index (χ1) is 20.1. The average Bonchev–Trinajstić information content (AvgIpc) is 3.18. The number of rotatable bonds is 7. The van der Waals surface area contributed by atoms with E-state index in [-0.39, 0.29) is 18.2 Å². The van der Waals surface area contributed by atoms with Crippen LogP contribution in [0.15, 0.2) is 42.5 Å². The number of benzene rings is 2. The lowest BCUT2D eigenvalue weighted by Gasteiger charge is -2.28. The lowest BCUT2D eigenvalue weighted by atomic mass is 9.81. The maximum atomic E-state index is 12.6. The highest BCUT2D eigenvalue weighted by atomic mass is 16.6. The molecule has 0 spiro atoms. The van der Waals surface area contributed by atoms with Gasteiger partial charge in [0.15, 0.2) is 0 Å². The van der Waals surface area contributed by atoms with E-state index in [1.807, 2.05) is 39.0 Å². The first kappa shape index (κ1) is 30.0. The van der Waals surface area contributed by atoms with E-state index in [1.54, 1.807) is 11.9 Å². The van der Waals surface area contributed by atoms with Crippen LogP contribution in [0.5, 0.6) is 5.75 Å². The number of carbonyl (C=O) groups excluding carboxylic acids is 2. The van der Waals surface area contributed by atoms with E-state index in [4.69, 9.17) is 14.2 Å². The summed E-state index contributed by atoms with van der Waals surface area (Å²) in [6.07, 6.45) is 5.64. The third-order valence-electron chi connectivity index (χ3n) is 8.40. The highest BCUT2D eigenvalue weighted by Gasteiger charge is 2.32. The van der Waals surface area contributed by atoms with Crippen molar-refractivity contribution in [2.75, 3.05) is 40.8 Å². The van der Waals surface area contributed by atoms with Gasteiger partial charge in [-0.05, 0) is 76.4 Å². The number of ether oxygens (including phenoxy) is 3. The zero-order chi connectivity index (χ0) is 30.0. The SMILES string of the molecule is COC(=O)c1ccc2c(C3CCCCC3)c3n(c2c1)CC(CN(C)CCN(C)C(=O)OC(C)(C)C)Oc1ccccc1-3. The molecule has 0 N–H and O–H groups in total. The van der Waals surface area contributed by atoms with Crippen molar-refractivity contribution in [2.45, 2.75) is 77.0 Å². The molecule has 1 aromatic heterocycles. The number of hydrogen-bond acceptors (Lipinski definition) is 6. The minimum Gasteiger partial charge on any atom is -0.487 e. The highest BCUT2D eigenvalue weighted by Crippen LogP contribution is 2.47. The van der Waals surface area contributed by atoms with Gasteiger partial charge in [0.1, 0.15) is 17.5 Å². The summed E-state index contributed by atoms with van der Waals surface area (Å²) in [5, 5.41) is 1.22. The number of carbonyl (C=O) groups is 2. The lowest BCUT2D eigenvalue weighted by Crippen LogP contribution is -2.41. The minimum atomic E-state index is -0.528. The van der Waals surface area contributed by atoms with E-state index in [2.05, 4.69) is 40.8 Å². The van der Waals surface area contributed by atoms with Gasteiger partial charge < -0.3 is 28.6 Å². The van der Waals surface area contributed by atoms with Gasteiger partial charge in [-0.1, -0.05) is 37.5 Å². The summed E-state index contributed by atoms with van der Waals surface area (Å²) in [5.41, 5.74) is 4.77. The standard InChI is InChI=1S/C34H45N3O5/c1-34(2,3)42-33(39)36(5)19-18-35(4)21-25-22-37-28-20-24(32(38)40-6)16-17-26(28)30(23-12-8-7-9-13-23)31(37)27-14-10-11-15-29(27)41-25/h10-11,14-17,20,23,25H,7-9,12-13,18-19,21-22H2,1-6H3. The summed E-state index contributed by atoms with van der Waals surface area (Å²) in [6, 6.07) is 14.3. The average molecular weight is 576 g/mol. The molecule has 42 heavy (non-hydrogen) atoms. The number of aromatic nitrogens is 1. The Bertz CT molecular complexity index is 1430. The summed E-state index contributed by atoms with van der Waals surface area (Å²) < 4.78 is 19.7. The molecule has 2 heterocycles. The van der Waals surface area contributed by atoms with Crippen LogP contribution in [-0.4, -0.2) is 79.0 Å². The fourth-order valence-electron chi connectivity index (χ4n) is 6.38. The van der Waals surface area contributed by atoms with Crippen LogP contribution in [0.1, 0.15) is 74.7 Å². The summed E-state index contributed by atoms with van der Waals surface area (Å²) in [6.45, 7) is 8.16. The van der Waals surface area contributed by atoms with Crippen molar-refractivity contribution in [3.63, 3.8) is 0 Å². The molecule has 8 nitrogen and oxygen atoms in total. The predicted octanol–water partition coefficient (Wildman–Crippen LogP) is 6.70. The molecule has 5 rings (SSSR count). The summed E-state index contributed by atoms with van der Waals surface area (Å²) in [4.78, 5) is 28.8. The van der Waals surface area contributed by atoms with Gasteiger partial charge in [-0.3, -0.25) is 0 Å². The van der Waals surface area contributed by atoms with Crippen LogP contribution in [-0.2, 0) is 16.0 Å². The van der Waals surface area contributed by atoms with Crippen LogP contribution in [0.3, 0.4) is 0 Å². The number of hydrogen-bond donors (Lipinski definition) is 0. The number of likely N-dealkylation sites (N-methyl/N-ethyl adjacent to an activating group) is 2. The van der Waals surface area contributed by atoms with Crippen molar-refractivity contribution in [1.82, 2.24) is 14.4 Å². The second-order valence-electron chi connectivity index (χ2n) is 12.8. The monoisotopic (exact) mass is 575 g/mol. The number of nitrogens with zero attached hydrogens (tertiary/aromatic N) is 3. The van der Waals surface area contributed by atoms with Crippen LogP contribution in [0.25, 0.3) is 22.2 Å². The number of methoxy groups -OCH3 is 1. The van der Waals surface area contributed by atoms with Gasteiger partial charge in [0, 0.05) is 43.1 Å². The summed E-state index contributed by atoms with van der Waals surface area (Å²) >= 11 is 0. The van der Waals surface area contributed by atoms with Crippen LogP contribution in [0.2, 0.25) is 0 Å². The number of amides is 1. The maximum absolute atomic E-state index is 12.6. The molecule has 0 bridgehead atoms. The molecule has 0 saturated heterocycles. The minimum absolute atomic E-state index is 0.138. The molecule has 1 aliphatic carbocycles. The zero-order valence-electron chi connectivity index (χ0n) is 25.9. The van der Waals surface area contributed by atoms with E-state index in [0.717, 1.165) is 16.8 Å². The first-order valence-corrected chi connectivity index (χ1v) is 15.2. The summed E-state index contributed by atoms with van der Waals surface area (Å²) in [5.74, 6) is 1.02. The smallest absolute Gasteiger partial charge is 0.410 e. The van der Waals surface area contributed by atoms with Crippen molar-refractivity contribution < 1.29 is 23.8 Å². The van der Waals surface area contributed by atoms with Crippen LogP contribution >= 0.6 is 0 Å². The molecule has 0 radical (unpaired) electrons. The molecule has 1 saturated carbocycles. The zero-order valence-corrected chi connectivity index (χ0v) is 25.9. The van der Waals surface area contributed by atoms with Crippen LogP contribution < -0.4 is 4.74 Å². The lowest BCUT2D eigenvalue weighted by molar-refractivity contribution is 0.0280. The second kappa shape index (κ2) is 12.4. The van der Waals surface area contributed by atoms with Crippen LogP contribution in [0, 0.1) is 0 Å². The third-order valence-corrected chi connectivity index (χ3v) is 8.40. The van der Waals surface area contributed by atoms with Crippen molar-refractivity contribution in [2.24, 2.45) is 0 Å². The van der Waals surface area contributed by atoms with Gasteiger partial charge in [-0.2, -0.15) is 0 Å². The van der Waals surface area contributed by atoms with Crippen LogP contribution in [0.4, 0.5) is 4.79 Å². The van der Waals surface area contributed by atoms with Gasteiger partial charge in [0.25, 0.3) is 0 Å². The van der Waals surface area contributed by atoms with E-state index in [0.29, 0.717) is 37.7 Å². The molecule has 226 valence electrons. The van der Waals surface area contributed by atoms with Crippen molar-refractivity contribution >= 4 is 23.0 Å². The Morgan fingerprint density at radius 1 is 1.02 bits per heavy atom. The fourth-order valence-corrected chi connectivity index (χ4v) is 6.38. The van der Waals surface area contributed by atoms with E-state index in [1.165, 1.54) is 55.9 Å². The van der Waals surface area contributed by atoms with Gasteiger partial charge in [-0.25, -0.2) is 9.59 Å². The Balaban J connectivity index is 1.48. The van der Waals surface area contributed by atoms with Crippen molar-refractivity contribution in [3.8, 4) is 17.0 Å².